The fourth-order valence-electron chi connectivity index (χ4n) is 9.65. The number of halogens is 1. The summed E-state index contributed by atoms with van der Waals surface area (Å²) in [6.07, 6.45) is 8.44. The Morgan fingerprint density at radius 2 is 1.73 bits per heavy atom. The van der Waals surface area contributed by atoms with Crippen LogP contribution in [0.25, 0.3) is 0 Å². The predicted molar refractivity (Wildman–Crippen MR) is 169 cm³/mol. The molecule has 0 spiro atoms. The number of morpholine rings is 2. The van der Waals surface area contributed by atoms with Gasteiger partial charge in [-0.15, -0.1) is 0 Å². The molecule has 0 aromatic carbocycles. The van der Waals surface area contributed by atoms with Crippen LogP contribution in [0.4, 0.5) is 4.39 Å². The molecule has 4 aliphatic heterocycles. The van der Waals surface area contributed by atoms with Crippen LogP contribution in [-0.4, -0.2) is 154 Å². The topological polar surface area (TPSA) is 89.6 Å². The van der Waals surface area contributed by atoms with E-state index in [-0.39, 0.29) is 41.9 Å². The largest absolute Gasteiger partial charge is 0.379 e. The number of piperazine rings is 1. The van der Waals surface area contributed by atoms with E-state index in [2.05, 4.69) is 37.3 Å². The molecule has 0 radical (unpaired) electrons. The van der Waals surface area contributed by atoms with Crippen LogP contribution in [0, 0.1) is 17.8 Å². The summed E-state index contributed by atoms with van der Waals surface area (Å²) in [5.74, 6) is 0.0207. The van der Waals surface area contributed by atoms with E-state index in [1.54, 1.807) is 0 Å². The molecule has 252 valence electrons. The SMILES string of the molecule is CN1CCN(CCCNC2C(F)CC3C(=O)C(C(=O)NCCN4CCOCC4)=CN4C5CCC6CCCCC6C5OC2C34)CC1. The zero-order valence-electron chi connectivity index (χ0n) is 27.2. The molecule has 10 nitrogen and oxygen atoms in total. The molecule has 0 bridgehead atoms. The first kappa shape index (κ1) is 31.9. The average molecular weight is 631 g/mol. The summed E-state index contributed by atoms with van der Waals surface area (Å²) in [5, 5.41) is 6.61. The minimum absolute atomic E-state index is 0.0148. The maximum absolute atomic E-state index is 16.2. The Morgan fingerprint density at radius 3 is 2.56 bits per heavy atom. The molecule has 9 atom stereocenters. The average Bonchev–Trinajstić information content (AvgIpc) is 3.06. The third-order valence-electron chi connectivity index (χ3n) is 12.2. The Hall–Kier alpha value is -1.63. The lowest BCUT2D eigenvalue weighted by molar-refractivity contribution is -0.220. The summed E-state index contributed by atoms with van der Waals surface area (Å²) in [6, 6.07) is -0.548. The van der Waals surface area contributed by atoms with Crippen LogP contribution >= 0.6 is 0 Å². The van der Waals surface area contributed by atoms with E-state index in [1.165, 1.54) is 19.3 Å². The Kier molecular flexibility index (Phi) is 10.1. The first-order valence-corrected chi connectivity index (χ1v) is 18.0. The Bertz CT molecular complexity index is 1080. The van der Waals surface area contributed by atoms with E-state index < -0.39 is 24.2 Å². The number of ketones is 1. The summed E-state index contributed by atoms with van der Waals surface area (Å²) in [7, 11) is 2.17. The van der Waals surface area contributed by atoms with Gasteiger partial charge in [-0.2, -0.15) is 0 Å². The molecule has 3 saturated carbocycles. The van der Waals surface area contributed by atoms with Gasteiger partial charge < -0.3 is 34.8 Å². The van der Waals surface area contributed by atoms with Crippen molar-refractivity contribution in [2.45, 2.75) is 87.9 Å². The van der Waals surface area contributed by atoms with Gasteiger partial charge >= 0.3 is 0 Å². The van der Waals surface area contributed by atoms with E-state index in [1.807, 2.05) is 6.20 Å². The predicted octanol–water partition coefficient (Wildman–Crippen LogP) is 1.26. The first-order valence-electron chi connectivity index (χ1n) is 18.0. The summed E-state index contributed by atoms with van der Waals surface area (Å²) < 4.78 is 28.7. The molecule has 4 heterocycles. The fourth-order valence-corrected chi connectivity index (χ4v) is 9.65. The summed E-state index contributed by atoms with van der Waals surface area (Å²) >= 11 is 0. The number of likely N-dealkylation sites (N-methyl/N-ethyl adjacent to an activating group) is 1. The zero-order valence-corrected chi connectivity index (χ0v) is 27.2. The molecular formula is C34H55FN6O4. The van der Waals surface area contributed by atoms with E-state index in [4.69, 9.17) is 9.47 Å². The normalized spacial score (nSPS) is 39.4. The number of carbonyl (C=O) groups excluding carboxylic acids is 2. The van der Waals surface area contributed by atoms with Gasteiger partial charge in [0.1, 0.15) is 6.17 Å². The van der Waals surface area contributed by atoms with Crippen LogP contribution in [0.15, 0.2) is 11.8 Å². The minimum atomic E-state index is -1.20. The van der Waals surface area contributed by atoms with Gasteiger partial charge in [0.05, 0.1) is 49.1 Å². The van der Waals surface area contributed by atoms with Crippen LogP contribution in [0.1, 0.15) is 51.4 Å². The molecule has 1 amide bonds. The number of ether oxygens (including phenoxy) is 2. The fraction of sp³-hybridized carbons (Fsp3) is 0.882. The standard InChI is InChI=1S/C34H55FN6O4/c1-38-13-15-39(16-14-38)11-4-9-36-29-27(35)21-25-30-33(29)45-32-24-6-3-2-5-23(24)7-8-28(32)41(30)22-26(31(25)42)34(43)37-10-12-40-17-19-44-20-18-40/h22-25,27-30,32-33,36H,2-21H2,1H3,(H,37,43). The molecule has 6 fully saturated rings. The highest BCUT2D eigenvalue weighted by atomic mass is 19.1. The monoisotopic (exact) mass is 630 g/mol. The molecule has 0 aromatic heterocycles. The summed E-state index contributed by atoms with van der Waals surface area (Å²) in [6.45, 7) is 10.4. The van der Waals surface area contributed by atoms with Crippen molar-refractivity contribution < 1.29 is 23.5 Å². The van der Waals surface area contributed by atoms with Crippen molar-refractivity contribution in [2.24, 2.45) is 17.8 Å². The second kappa shape index (κ2) is 14.2. The van der Waals surface area contributed by atoms with Crippen LogP contribution in [-0.2, 0) is 19.1 Å². The molecule has 3 aliphatic carbocycles. The molecule has 11 heteroatoms. The van der Waals surface area contributed by atoms with E-state index in [0.717, 1.165) is 84.6 Å². The summed E-state index contributed by atoms with van der Waals surface area (Å²) in [5.41, 5.74) is 0.203. The first-order chi connectivity index (χ1) is 22.0. The second-order valence-corrected chi connectivity index (χ2v) is 14.8. The molecular weight excluding hydrogens is 575 g/mol. The number of rotatable bonds is 9. The van der Waals surface area contributed by atoms with Crippen LogP contribution in [0.5, 0.6) is 0 Å². The second-order valence-electron chi connectivity index (χ2n) is 14.8. The van der Waals surface area contributed by atoms with E-state index in [0.29, 0.717) is 31.6 Å². The van der Waals surface area contributed by atoms with Gasteiger partial charge in [0.25, 0.3) is 5.91 Å². The number of carbonyl (C=O) groups is 2. The van der Waals surface area contributed by atoms with Gasteiger partial charge in [-0.25, -0.2) is 4.39 Å². The highest BCUT2D eigenvalue weighted by molar-refractivity contribution is 6.20. The third kappa shape index (κ3) is 6.72. The Morgan fingerprint density at radius 1 is 0.956 bits per heavy atom. The maximum atomic E-state index is 16.2. The van der Waals surface area contributed by atoms with Gasteiger partial charge in [0.2, 0.25) is 0 Å². The van der Waals surface area contributed by atoms with Gasteiger partial charge in [-0.1, -0.05) is 19.3 Å². The molecule has 45 heavy (non-hydrogen) atoms. The quantitative estimate of drug-likeness (QED) is 0.289. The maximum Gasteiger partial charge on any atom is 0.256 e. The van der Waals surface area contributed by atoms with Crippen LogP contribution < -0.4 is 10.6 Å². The van der Waals surface area contributed by atoms with Gasteiger partial charge in [-0.3, -0.25) is 14.5 Å². The van der Waals surface area contributed by atoms with Crippen LogP contribution in [0.2, 0.25) is 0 Å². The lowest BCUT2D eigenvalue weighted by Crippen LogP contribution is -2.74. The number of hydrogen-bond donors (Lipinski definition) is 2. The molecule has 2 N–H and O–H groups in total. The molecule has 0 aromatic rings. The van der Waals surface area contributed by atoms with Crippen molar-refractivity contribution >= 4 is 11.7 Å². The van der Waals surface area contributed by atoms with Crippen molar-refractivity contribution in [1.29, 1.82) is 0 Å². The van der Waals surface area contributed by atoms with Crippen molar-refractivity contribution in [2.75, 3.05) is 85.7 Å². The van der Waals surface area contributed by atoms with Crippen molar-refractivity contribution in [1.82, 2.24) is 30.2 Å². The molecule has 7 rings (SSSR count). The zero-order chi connectivity index (χ0) is 30.9. The number of fused-ring (bicyclic) bond motifs is 4. The number of alkyl halides is 1. The lowest BCUT2D eigenvalue weighted by atomic mass is 9.64. The Labute approximate surface area is 268 Å². The summed E-state index contributed by atoms with van der Waals surface area (Å²) in [4.78, 5) is 37.0. The number of nitrogens with zero attached hydrogens (tertiary/aromatic N) is 4. The van der Waals surface area contributed by atoms with Crippen molar-refractivity contribution in [3.8, 4) is 0 Å². The van der Waals surface area contributed by atoms with Gasteiger partial charge in [0.15, 0.2) is 5.78 Å². The molecule has 9 unspecified atom stereocenters. The van der Waals surface area contributed by atoms with Crippen LogP contribution in [0.3, 0.4) is 0 Å². The number of Topliss-reactive ketones (excluding diaryl/α,β-unsaturated/α-hetero) is 1. The van der Waals surface area contributed by atoms with E-state index in [9.17, 15) is 9.59 Å². The number of hydrogen-bond acceptors (Lipinski definition) is 9. The number of amides is 1. The van der Waals surface area contributed by atoms with Crippen molar-refractivity contribution in [3.05, 3.63) is 11.8 Å². The van der Waals surface area contributed by atoms with Gasteiger partial charge in [-0.05, 0) is 64.1 Å². The highest BCUT2D eigenvalue weighted by Crippen LogP contribution is 2.50. The Balaban J connectivity index is 1.07. The highest BCUT2D eigenvalue weighted by Gasteiger charge is 2.60. The lowest BCUT2D eigenvalue weighted by Gasteiger charge is -2.61. The molecule has 3 saturated heterocycles. The minimum Gasteiger partial charge on any atom is -0.379 e. The van der Waals surface area contributed by atoms with Crippen molar-refractivity contribution in [3.63, 3.8) is 0 Å². The molecule has 7 aliphatic rings. The number of nitrogens with one attached hydrogen (secondary N) is 2. The smallest absolute Gasteiger partial charge is 0.256 e. The third-order valence-corrected chi connectivity index (χ3v) is 12.2. The van der Waals surface area contributed by atoms with Gasteiger partial charge in [0, 0.05) is 64.5 Å². The van der Waals surface area contributed by atoms with E-state index >= 15 is 4.39 Å².